The third-order valence-electron chi connectivity index (χ3n) is 8.37. The van der Waals surface area contributed by atoms with Crippen LogP contribution in [0.4, 0.5) is 0 Å². The lowest BCUT2D eigenvalue weighted by Gasteiger charge is -2.50. The van der Waals surface area contributed by atoms with E-state index in [4.69, 9.17) is 0 Å². The molecule has 3 saturated carbocycles. The fraction of sp³-hybridized carbons (Fsp3) is 0.680. The maximum absolute atomic E-state index is 10.2. The zero-order valence-corrected chi connectivity index (χ0v) is 17.4. The first kappa shape index (κ1) is 19.7. The largest absolute Gasteiger partial charge is 0.388 e. The molecule has 0 bridgehead atoms. The van der Waals surface area contributed by atoms with Crippen molar-refractivity contribution in [2.75, 3.05) is 0 Å². The molecule has 1 nitrogen and oxygen atoms in total. The topological polar surface area (TPSA) is 20.2 Å². The number of aliphatic hydroxyl groups is 1. The Morgan fingerprint density at radius 2 is 1.96 bits per heavy atom. The molecule has 0 unspecified atom stereocenters. The molecule has 0 aromatic rings. The van der Waals surface area contributed by atoms with E-state index >= 15 is 0 Å². The van der Waals surface area contributed by atoms with E-state index in [1.165, 1.54) is 43.3 Å². The molecular formula is C25H38O. The van der Waals surface area contributed by atoms with Gasteiger partial charge < -0.3 is 5.11 Å². The van der Waals surface area contributed by atoms with E-state index in [0.717, 1.165) is 24.8 Å². The van der Waals surface area contributed by atoms with Gasteiger partial charge in [-0.05, 0) is 79.6 Å². The highest BCUT2D eigenvalue weighted by atomic mass is 16.3. The fourth-order valence-electron chi connectivity index (χ4n) is 6.16. The molecule has 5 atom stereocenters. The van der Waals surface area contributed by atoms with Crippen LogP contribution in [0.1, 0.15) is 79.1 Å². The lowest BCUT2D eigenvalue weighted by Crippen LogP contribution is -2.41. The first-order valence-corrected chi connectivity index (χ1v) is 10.7. The predicted octanol–water partition coefficient (Wildman–Crippen LogP) is 6.76. The van der Waals surface area contributed by atoms with E-state index in [9.17, 15) is 5.11 Å². The predicted molar refractivity (Wildman–Crippen MR) is 112 cm³/mol. The Labute approximate surface area is 161 Å². The molecule has 144 valence electrons. The number of allylic oxidation sites excluding steroid dienone is 4. The van der Waals surface area contributed by atoms with Crippen LogP contribution in [0.15, 0.2) is 47.6 Å². The number of hydrogen-bond donors (Lipinski definition) is 1. The van der Waals surface area contributed by atoms with Gasteiger partial charge in [-0.15, -0.1) is 0 Å². The van der Waals surface area contributed by atoms with Gasteiger partial charge >= 0.3 is 0 Å². The highest BCUT2D eigenvalue weighted by Gasteiger charge is 2.57. The normalized spacial score (nSPS) is 43.7. The molecule has 3 aliphatic rings. The lowest BCUT2D eigenvalue weighted by atomic mass is 9.54. The van der Waals surface area contributed by atoms with Crippen molar-refractivity contribution in [3.05, 3.63) is 47.6 Å². The summed E-state index contributed by atoms with van der Waals surface area (Å²) < 4.78 is 0. The highest BCUT2D eigenvalue weighted by molar-refractivity contribution is 5.33. The third kappa shape index (κ3) is 3.07. The minimum atomic E-state index is -0.362. The van der Waals surface area contributed by atoms with Crippen molar-refractivity contribution >= 4 is 0 Å². The summed E-state index contributed by atoms with van der Waals surface area (Å²) in [5, 5.41) is 10.2. The minimum absolute atomic E-state index is 0.299. The average molecular weight is 355 g/mol. The molecule has 26 heavy (non-hydrogen) atoms. The van der Waals surface area contributed by atoms with Crippen LogP contribution in [0.25, 0.3) is 0 Å². The smallest absolute Gasteiger partial charge is 0.0787 e. The molecule has 0 heterocycles. The number of aliphatic hydroxyl groups excluding tert-OH is 1. The molecule has 0 aromatic carbocycles. The molecule has 3 rings (SSSR count). The van der Waals surface area contributed by atoms with Crippen molar-refractivity contribution < 1.29 is 5.11 Å². The Hall–Kier alpha value is -1.08. The molecular weight excluding hydrogens is 316 g/mol. The van der Waals surface area contributed by atoms with Gasteiger partial charge in [0, 0.05) is 0 Å². The average Bonchev–Trinajstić information content (AvgIpc) is 2.89. The molecule has 0 spiro atoms. The van der Waals surface area contributed by atoms with E-state index in [1.54, 1.807) is 5.57 Å². The van der Waals surface area contributed by atoms with Crippen LogP contribution in [0.3, 0.4) is 0 Å². The molecule has 3 fully saturated rings. The van der Waals surface area contributed by atoms with Crippen molar-refractivity contribution in [3.8, 4) is 0 Å². The summed E-state index contributed by atoms with van der Waals surface area (Å²) in [5.41, 5.74) is 6.14. The summed E-state index contributed by atoms with van der Waals surface area (Å²) >= 11 is 0. The van der Waals surface area contributed by atoms with Gasteiger partial charge in [-0.1, -0.05) is 69.7 Å². The van der Waals surface area contributed by atoms with E-state index in [0.29, 0.717) is 22.7 Å². The van der Waals surface area contributed by atoms with E-state index < -0.39 is 0 Å². The minimum Gasteiger partial charge on any atom is -0.388 e. The first-order valence-electron chi connectivity index (χ1n) is 10.7. The van der Waals surface area contributed by atoms with Crippen LogP contribution in [0, 0.1) is 22.7 Å². The van der Waals surface area contributed by atoms with Crippen LogP contribution in [0.2, 0.25) is 0 Å². The van der Waals surface area contributed by atoms with Crippen LogP contribution in [-0.4, -0.2) is 11.2 Å². The summed E-state index contributed by atoms with van der Waals surface area (Å²) in [6, 6.07) is 0. The van der Waals surface area contributed by atoms with E-state index in [2.05, 4.69) is 53.0 Å². The molecule has 0 saturated heterocycles. The second-order valence-corrected chi connectivity index (χ2v) is 9.62. The Balaban J connectivity index is 1.87. The standard InChI is InChI=1S/C25H38O/c1-7-17(2)22-12-14-24(5)21(9-8-13-25(22,24)6)11-10-20-15-18(3)19(4)23(26)16-20/h10-11,18,22-23,26H,2,4,7-9,12-16H2,1,3,5-6H3/b20-10-,21-11+/t18-,22-,23-,24+,25-/m1/s1. The Morgan fingerprint density at radius 1 is 1.23 bits per heavy atom. The molecule has 3 aliphatic carbocycles. The van der Waals surface area contributed by atoms with Gasteiger partial charge in [0.2, 0.25) is 0 Å². The fourth-order valence-corrected chi connectivity index (χ4v) is 6.16. The molecule has 1 N–H and O–H groups in total. The third-order valence-corrected chi connectivity index (χ3v) is 8.37. The van der Waals surface area contributed by atoms with Gasteiger partial charge in [0.05, 0.1) is 6.10 Å². The Morgan fingerprint density at radius 3 is 2.62 bits per heavy atom. The van der Waals surface area contributed by atoms with E-state index in [-0.39, 0.29) is 6.10 Å². The quantitative estimate of drug-likeness (QED) is 0.555. The summed E-state index contributed by atoms with van der Waals surface area (Å²) in [6.45, 7) is 18.0. The van der Waals surface area contributed by atoms with Gasteiger partial charge in [0.1, 0.15) is 0 Å². The van der Waals surface area contributed by atoms with Crippen molar-refractivity contribution in [3.63, 3.8) is 0 Å². The molecule has 0 amide bonds. The first-order chi connectivity index (χ1) is 12.2. The Bertz CT molecular complexity index is 635. The molecule has 0 aliphatic heterocycles. The summed E-state index contributed by atoms with van der Waals surface area (Å²) in [6.07, 6.45) is 13.8. The monoisotopic (exact) mass is 354 g/mol. The van der Waals surface area contributed by atoms with Gasteiger partial charge in [0.15, 0.2) is 0 Å². The highest BCUT2D eigenvalue weighted by Crippen LogP contribution is 2.66. The van der Waals surface area contributed by atoms with Crippen molar-refractivity contribution in [1.29, 1.82) is 0 Å². The summed E-state index contributed by atoms with van der Waals surface area (Å²) in [4.78, 5) is 0. The maximum atomic E-state index is 10.2. The molecule has 0 radical (unpaired) electrons. The van der Waals surface area contributed by atoms with Crippen LogP contribution in [-0.2, 0) is 0 Å². The second-order valence-electron chi connectivity index (χ2n) is 9.62. The zero-order valence-electron chi connectivity index (χ0n) is 17.4. The number of rotatable bonds is 3. The van der Waals surface area contributed by atoms with Crippen molar-refractivity contribution in [2.24, 2.45) is 22.7 Å². The second kappa shape index (κ2) is 7.15. The van der Waals surface area contributed by atoms with E-state index in [1.807, 2.05) is 0 Å². The maximum Gasteiger partial charge on any atom is 0.0787 e. The van der Waals surface area contributed by atoms with Crippen LogP contribution in [0.5, 0.6) is 0 Å². The summed E-state index contributed by atoms with van der Waals surface area (Å²) in [7, 11) is 0. The van der Waals surface area contributed by atoms with Crippen LogP contribution >= 0.6 is 0 Å². The lowest BCUT2D eigenvalue weighted by molar-refractivity contribution is 0.0737. The van der Waals surface area contributed by atoms with Gasteiger partial charge in [-0.25, -0.2) is 0 Å². The van der Waals surface area contributed by atoms with Gasteiger partial charge in [-0.2, -0.15) is 0 Å². The number of hydrogen-bond acceptors (Lipinski definition) is 1. The van der Waals surface area contributed by atoms with Crippen molar-refractivity contribution in [2.45, 2.75) is 85.2 Å². The summed E-state index contributed by atoms with van der Waals surface area (Å²) in [5.74, 6) is 1.06. The Kier molecular flexibility index (Phi) is 5.41. The van der Waals surface area contributed by atoms with Gasteiger partial charge in [0.25, 0.3) is 0 Å². The molecule has 1 heteroatoms. The van der Waals surface area contributed by atoms with Crippen LogP contribution < -0.4 is 0 Å². The number of fused-ring (bicyclic) bond motifs is 1. The zero-order chi connectivity index (χ0) is 19.1. The van der Waals surface area contributed by atoms with Gasteiger partial charge in [-0.3, -0.25) is 0 Å². The SMILES string of the molecule is C=C1[C@H](C)C/C(=C/C=C2\CCC[C@]3(C)[C@@H](C(=C)CC)CC[C@@]23C)C[C@H]1O. The van der Waals surface area contributed by atoms with Crippen molar-refractivity contribution in [1.82, 2.24) is 0 Å². The molecule has 0 aromatic heterocycles.